The highest BCUT2D eigenvalue weighted by atomic mass is 16.2. The number of amides is 2. The lowest BCUT2D eigenvalue weighted by molar-refractivity contribution is 0.0950. The van der Waals surface area contributed by atoms with Crippen LogP contribution in [0.2, 0.25) is 0 Å². The van der Waals surface area contributed by atoms with Crippen LogP contribution in [0.25, 0.3) is 10.9 Å². The Hall–Kier alpha value is -4.13. The van der Waals surface area contributed by atoms with E-state index < -0.39 is 5.91 Å². The van der Waals surface area contributed by atoms with Gasteiger partial charge in [0, 0.05) is 42.3 Å². The Balaban J connectivity index is 1.49. The Morgan fingerprint density at radius 1 is 0.828 bits per heavy atom. The van der Waals surface area contributed by atoms with Crippen LogP contribution in [0.1, 0.15) is 26.4 Å². The highest BCUT2D eigenvalue weighted by Crippen LogP contribution is 2.21. The zero-order chi connectivity index (χ0) is 20.1. The van der Waals surface area contributed by atoms with Gasteiger partial charge in [-0.2, -0.15) is 0 Å². The first-order chi connectivity index (χ1) is 14.2. The van der Waals surface area contributed by atoms with Crippen LogP contribution < -0.4 is 10.6 Å². The molecule has 1 aromatic carbocycles. The van der Waals surface area contributed by atoms with Gasteiger partial charge in [-0.1, -0.05) is 18.2 Å². The fourth-order valence-corrected chi connectivity index (χ4v) is 2.87. The van der Waals surface area contributed by atoms with Gasteiger partial charge in [0.15, 0.2) is 0 Å². The second kappa shape index (κ2) is 8.26. The SMILES string of the molecule is O=C(NCc1ccncc1)c1ccnc(C(=O)Nc2cccc3cccnc23)c1. The fraction of sp³-hybridized carbons (Fsp3) is 0.0455. The van der Waals surface area contributed by atoms with Crippen LogP contribution in [-0.2, 0) is 6.54 Å². The molecule has 2 amide bonds. The van der Waals surface area contributed by atoms with Gasteiger partial charge in [-0.15, -0.1) is 0 Å². The molecule has 0 aliphatic heterocycles. The summed E-state index contributed by atoms with van der Waals surface area (Å²) >= 11 is 0. The van der Waals surface area contributed by atoms with Gasteiger partial charge in [-0.25, -0.2) is 0 Å². The topological polar surface area (TPSA) is 96.9 Å². The molecule has 0 unspecified atom stereocenters. The molecule has 0 radical (unpaired) electrons. The number of rotatable bonds is 5. The Kier molecular flexibility index (Phi) is 5.20. The summed E-state index contributed by atoms with van der Waals surface area (Å²) in [5.41, 5.74) is 2.71. The fourth-order valence-electron chi connectivity index (χ4n) is 2.87. The quantitative estimate of drug-likeness (QED) is 0.552. The predicted octanol–water partition coefficient (Wildman–Crippen LogP) is 3.21. The van der Waals surface area contributed by atoms with E-state index >= 15 is 0 Å². The van der Waals surface area contributed by atoms with E-state index in [1.54, 1.807) is 30.7 Å². The Labute approximate surface area is 166 Å². The Morgan fingerprint density at radius 2 is 1.66 bits per heavy atom. The molecule has 7 heteroatoms. The van der Waals surface area contributed by atoms with Gasteiger partial charge in [0.1, 0.15) is 5.69 Å². The van der Waals surface area contributed by atoms with Crippen molar-refractivity contribution >= 4 is 28.4 Å². The Bertz CT molecular complexity index is 1170. The minimum Gasteiger partial charge on any atom is -0.348 e. The normalized spacial score (nSPS) is 10.5. The van der Waals surface area contributed by atoms with Crippen LogP contribution >= 0.6 is 0 Å². The molecule has 0 saturated heterocycles. The summed E-state index contributed by atoms with van der Waals surface area (Å²) in [6.07, 6.45) is 6.44. The second-order valence-corrected chi connectivity index (χ2v) is 6.30. The van der Waals surface area contributed by atoms with Gasteiger partial charge in [0.25, 0.3) is 11.8 Å². The average Bonchev–Trinajstić information content (AvgIpc) is 2.78. The minimum atomic E-state index is -0.410. The van der Waals surface area contributed by atoms with Gasteiger partial charge in [0.2, 0.25) is 0 Å². The first-order valence-electron chi connectivity index (χ1n) is 8.99. The van der Waals surface area contributed by atoms with Crippen molar-refractivity contribution in [3.63, 3.8) is 0 Å². The number of fused-ring (bicyclic) bond motifs is 1. The van der Waals surface area contributed by atoms with Crippen molar-refractivity contribution < 1.29 is 9.59 Å². The number of para-hydroxylation sites is 1. The number of hydrogen-bond acceptors (Lipinski definition) is 5. The molecule has 0 aliphatic rings. The lowest BCUT2D eigenvalue weighted by atomic mass is 10.1. The second-order valence-electron chi connectivity index (χ2n) is 6.30. The molecule has 3 heterocycles. The number of pyridine rings is 3. The molecule has 2 N–H and O–H groups in total. The van der Waals surface area contributed by atoms with E-state index in [2.05, 4.69) is 25.6 Å². The molecule has 0 aliphatic carbocycles. The molecule has 3 aromatic heterocycles. The molecule has 29 heavy (non-hydrogen) atoms. The number of carbonyl (C=O) groups is 2. The molecule has 142 valence electrons. The number of aromatic nitrogens is 3. The van der Waals surface area contributed by atoms with E-state index in [0.29, 0.717) is 23.3 Å². The molecule has 0 spiro atoms. The lowest BCUT2D eigenvalue weighted by Gasteiger charge is -2.09. The number of anilines is 1. The lowest BCUT2D eigenvalue weighted by Crippen LogP contribution is -2.23. The molecule has 0 fully saturated rings. The summed E-state index contributed by atoms with van der Waals surface area (Å²) in [6, 6.07) is 16.0. The summed E-state index contributed by atoms with van der Waals surface area (Å²) in [5, 5.41) is 6.56. The van der Waals surface area contributed by atoms with Gasteiger partial charge < -0.3 is 10.6 Å². The summed E-state index contributed by atoms with van der Waals surface area (Å²) in [7, 11) is 0. The number of nitrogens with one attached hydrogen (secondary N) is 2. The van der Waals surface area contributed by atoms with E-state index in [4.69, 9.17) is 0 Å². The first kappa shape index (κ1) is 18.2. The van der Waals surface area contributed by atoms with Crippen LogP contribution in [0.3, 0.4) is 0 Å². The van der Waals surface area contributed by atoms with Crippen molar-refractivity contribution in [1.29, 1.82) is 0 Å². The van der Waals surface area contributed by atoms with E-state index in [-0.39, 0.29) is 11.6 Å². The number of nitrogens with zero attached hydrogens (tertiary/aromatic N) is 3. The van der Waals surface area contributed by atoms with E-state index in [1.165, 1.54) is 12.3 Å². The monoisotopic (exact) mass is 383 g/mol. The van der Waals surface area contributed by atoms with Gasteiger partial charge in [-0.3, -0.25) is 24.5 Å². The van der Waals surface area contributed by atoms with Crippen molar-refractivity contribution in [2.75, 3.05) is 5.32 Å². The number of benzene rings is 1. The van der Waals surface area contributed by atoms with Gasteiger partial charge >= 0.3 is 0 Å². The molecule has 0 bridgehead atoms. The Morgan fingerprint density at radius 3 is 2.52 bits per heavy atom. The molecule has 4 aromatic rings. The van der Waals surface area contributed by atoms with Crippen LogP contribution in [-0.4, -0.2) is 26.8 Å². The largest absolute Gasteiger partial charge is 0.348 e. The van der Waals surface area contributed by atoms with Crippen LogP contribution in [0.15, 0.2) is 79.4 Å². The van der Waals surface area contributed by atoms with Crippen LogP contribution in [0.5, 0.6) is 0 Å². The third kappa shape index (κ3) is 4.24. The molecule has 4 rings (SSSR count). The molecule has 0 atom stereocenters. The van der Waals surface area contributed by atoms with Gasteiger partial charge in [-0.05, 0) is 42.0 Å². The molecule has 7 nitrogen and oxygen atoms in total. The maximum Gasteiger partial charge on any atom is 0.274 e. The summed E-state index contributed by atoms with van der Waals surface area (Å²) in [6.45, 7) is 0.368. The summed E-state index contributed by atoms with van der Waals surface area (Å²) in [4.78, 5) is 37.5. The maximum atomic E-state index is 12.7. The van der Waals surface area contributed by atoms with E-state index in [9.17, 15) is 9.59 Å². The summed E-state index contributed by atoms with van der Waals surface area (Å²) < 4.78 is 0. The number of carbonyl (C=O) groups excluding carboxylic acids is 2. The molecule has 0 saturated carbocycles. The zero-order valence-electron chi connectivity index (χ0n) is 15.4. The maximum absolute atomic E-state index is 12.7. The highest BCUT2D eigenvalue weighted by molar-refractivity contribution is 6.08. The van der Waals surface area contributed by atoms with Gasteiger partial charge in [0.05, 0.1) is 11.2 Å². The smallest absolute Gasteiger partial charge is 0.274 e. The average molecular weight is 383 g/mol. The van der Waals surface area contributed by atoms with Crippen molar-refractivity contribution in [1.82, 2.24) is 20.3 Å². The highest BCUT2D eigenvalue weighted by Gasteiger charge is 2.13. The van der Waals surface area contributed by atoms with Crippen molar-refractivity contribution in [3.8, 4) is 0 Å². The molecular weight excluding hydrogens is 366 g/mol. The predicted molar refractivity (Wildman–Crippen MR) is 109 cm³/mol. The van der Waals surface area contributed by atoms with E-state index in [0.717, 1.165) is 10.9 Å². The summed E-state index contributed by atoms with van der Waals surface area (Å²) in [5.74, 6) is -0.697. The van der Waals surface area contributed by atoms with Crippen molar-refractivity contribution in [2.45, 2.75) is 6.54 Å². The minimum absolute atomic E-state index is 0.148. The molecular formula is C22H17N5O2. The van der Waals surface area contributed by atoms with E-state index in [1.807, 2.05) is 36.4 Å². The standard InChI is InChI=1S/C22H17N5O2/c28-21(26-14-15-6-10-23-11-7-15)17-8-12-24-19(13-17)22(29)27-18-5-1-3-16-4-2-9-25-20(16)18/h1-13H,14H2,(H,26,28)(H,27,29). The number of hydrogen-bond donors (Lipinski definition) is 2. The third-order valence-corrected chi connectivity index (χ3v) is 4.34. The third-order valence-electron chi connectivity index (χ3n) is 4.34. The first-order valence-corrected chi connectivity index (χ1v) is 8.99. The van der Waals surface area contributed by atoms with Crippen LogP contribution in [0, 0.1) is 0 Å². The van der Waals surface area contributed by atoms with Crippen LogP contribution in [0.4, 0.5) is 5.69 Å². The van der Waals surface area contributed by atoms with Crippen molar-refractivity contribution in [2.24, 2.45) is 0 Å². The van der Waals surface area contributed by atoms with Crippen molar-refractivity contribution in [3.05, 3.63) is 96.2 Å². The zero-order valence-corrected chi connectivity index (χ0v) is 15.4.